The zero-order valence-electron chi connectivity index (χ0n) is 16.7. The van der Waals surface area contributed by atoms with Crippen molar-refractivity contribution in [2.24, 2.45) is 10.1 Å². The fraction of sp³-hybridized carbons (Fsp3) is 0.0833. The van der Waals surface area contributed by atoms with Crippen LogP contribution in [0.5, 0.6) is 0 Å². The minimum atomic E-state index is -0.968. The van der Waals surface area contributed by atoms with Crippen LogP contribution in [0.25, 0.3) is 5.70 Å². The molecule has 0 aromatic heterocycles. The molecular weight excluding hydrogens is 444 g/mol. The number of rotatable bonds is 4. The topological polar surface area (TPSA) is 74.1 Å². The molecule has 158 valence electrons. The van der Waals surface area contributed by atoms with Crippen LogP contribution in [0.1, 0.15) is 15.9 Å². The van der Waals surface area contributed by atoms with Crippen LogP contribution in [-0.4, -0.2) is 28.0 Å². The van der Waals surface area contributed by atoms with Crippen LogP contribution in [0.15, 0.2) is 89.0 Å². The molecule has 3 aromatic carbocycles. The molecule has 2 aliphatic rings. The van der Waals surface area contributed by atoms with Gasteiger partial charge in [-0.3, -0.25) is 14.9 Å². The molecule has 3 aromatic rings. The van der Waals surface area contributed by atoms with Crippen molar-refractivity contribution in [3.8, 4) is 0 Å². The van der Waals surface area contributed by atoms with Gasteiger partial charge in [0.25, 0.3) is 5.91 Å². The number of amides is 1. The highest BCUT2D eigenvalue weighted by molar-refractivity contribution is 8.13. The smallest absolute Gasteiger partial charge is 0.276 e. The Hall–Kier alpha value is -3.42. The van der Waals surface area contributed by atoms with Crippen LogP contribution in [0.4, 0.5) is 0 Å². The number of halogens is 1. The van der Waals surface area contributed by atoms with Crippen molar-refractivity contribution in [2.75, 3.05) is 0 Å². The lowest BCUT2D eigenvalue weighted by Crippen LogP contribution is -2.54. The molecule has 1 unspecified atom stereocenters. The summed E-state index contributed by atoms with van der Waals surface area (Å²) in [5, 5.41) is 11.2. The van der Waals surface area contributed by atoms with E-state index in [4.69, 9.17) is 11.6 Å². The first-order valence-corrected chi connectivity index (χ1v) is 11.3. The van der Waals surface area contributed by atoms with Gasteiger partial charge >= 0.3 is 0 Å². The molecule has 1 N–H and O–H groups in total. The van der Waals surface area contributed by atoms with E-state index in [1.165, 1.54) is 16.8 Å². The number of fused-ring (bicyclic) bond motifs is 2. The monoisotopic (exact) mass is 460 g/mol. The normalized spacial score (nSPS) is 17.0. The molecule has 0 spiro atoms. The van der Waals surface area contributed by atoms with Crippen molar-refractivity contribution in [3.05, 3.63) is 106 Å². The largest absolute Gasteiger partial charge is 0.298 e. The summed E-state index contributed by atoms with van der Waals surface area (Å²) in [6, 6.07) is 23.7. The van der Waals surface area contributed by atoms with Gasteiger partial charge in [-0.2, -0.15) is 0 Å². The van der Waals surface area contributed by atoms with E-state index < -0.39 is 6.17 Å². The molecule has 8 heteroatoms. The number of thioether (sulfide) groups is 1. The van der Waals surface area contributed by atoms with E-state index in [1.807, 2.05) is 42.5 Å². The average Bonchev–Trinajstić information content (AvgIpc) is 2.83. The number of Topliss-reactive ketones (excluding diaryl/α,β-unsaturated/α-hetero) is 1. The maximum absolute atomic E-state index is 13.3. The maximum atomic E-state index is 13.3. The van der Waals surface area contributed by atoms with Crippen molar-refractivity contribution in [2.45, 2.75) is 11.9 Å². The Kier molecular flexibility index (Phi) is 5.51. The maximum Gasteiger partial charge on any atom is 0.276 e. The number of benzene rings is 3. The van der Waals surface area contributed by atoms with E-state index in [1.54, 1.807) is 36.4 Å². The van der Waals surface area contributed by atoms with Gasteiger partial charge in [-0.25, -0.2) is 10.0 Å². The molecule has 0 saturated carbocycles. The van der Waals surface area contributed by atoms with Crippen LogP contribution in [0.3, 0.4) is 0 Å². The average molecular weight is 461 g/mol. The standard InChI is InChI=1S/C24H17ClN4O2S/c25-18-12-6-4-10-16(18)14-32-24-27-23(31)20-17-11-5-7-13-19(17)26-22(29(20)28-24)21(30)15-8-2-1-3-9-15/h1-13,22H,14H2,(H,27,28,31). The van der Waals surface area contributed by atoms with Gasteiger partial charge in [-0.05, 0) is 17.7 Å². The Bertz CT molecular complexity index is 1370. The number of amidine groups is 1. The molecule has 0 radical (unpaired) electrons. The lowest BCUT2D eigenvalue weighted by Gasteiger charge is -2.33. The lowest BCUT2D eigenvalue weighted by atomic mass is 10.1. The Balaban J connectivity index is 1.55. The molecule has 0 bridgehead atoms. The van der Waals surface area contributed by atoms with Crippen molar-refractivity contribution in [1.29, 1.82) is 0 Å². The van der Waals surface area contributed by atoms with Gasteiger partial charge in [0.2, 0.25) is 11.9 Å². The molecule has 32 heavy (non-hydrogen) atoms. The van der Waals surface area contributed by atoms with E-state index in [0.717, 1.165) is 5.56 Å². The van der Waals surface area contributed by atoms with E-state index in [-0.39, 0.29) is 11.7 Å². The predicted octanol–water partition coefficient (Wildman–Crippen LogP) is 2.93. The highest BCUT2D eigenvalue weighted by Gasteiger charge is 2.37. The number of para-hydroxylation sites is 1. The summed E-state index contributed by atoms with van der Waals surface area (Å²) in [4.78, 5) is 31.1. The summed E-state index contributed by atoms with van der Waals surface area (Å²) in [6.45, 7) is 0. The molecule has 5 rings (SSSR count). The van der Waals surface area contributed by atoms with Gasteiger partial charge in [-0.15, -0.1) is 5.10 Å². The first-order valence-electron chi connectivity index (χ1n) is 9.93. The lowest BCUT2D eigenvalue weighted by molar-refractivity contribution is -0.115. The summed E-state index contributed by atoms with van der Waals surface area (Å²) >= 11 is 7.60. The van der Waals surface area contributed by atoms with Crippen LogP contribution >= 0.6 is 23.4 Å². The minimum absolute atomic E-state index is 0.230. The number of ketones is 1. The number of carbonyl (C=O) groups is 2. The van der Waals surface area contributed by atoms with E-state index in [9.17, 15) is 9.59 Å². The van der Waals surface area contributed by atoms with Gasteiger partial charge in [0.15, 0.2) is 5.17 Å². The summed E-state index contributed by atoms with van der Waals surface area (Å²) in [5.74, 6) is -0.0335. The van der Waals surface area contributed by atoms with E-state index >= 15 is 0 Å². The quantitative estimate of drug-likeness (QED) is 0.607. The Morgan fingerprint density at radius 3 is 2.53 bits per heavy atom. The van der Waals surface area contributed by atoms with Gasteiger partial charge in [0.05, 0.1) is 5.36 Å². The number of nitrogens with zero attached hydrogens (tertiary/aromatic N) is 3. The molecule has 2 aliphatic heterocycles. The third-order valence-corrected chi connectivity index (χ3v) is 6.41. The Labute approximate surface area is 193 Å². The van der Waals surface area contributed by atoms with Crippen molar-refractivity contribution in [3.63, 3.8) is 0 Å². The van der Waals surface area contributed by atoms with Crippen molar-refractivity contribution < 1.29 is 9.59 Å². The second-order valence-electron chi connectivity index (χ2n) is 7.18. The molecule has 1 amide bonds. The molecule has 1 atom stereocenters. The molecule has 0 fully saturated rings. The molecule has 2 heterocycles. The van der Waals surface area contributed by atoms with E-state index in [2.05, 4.69) is 15.4 Å². The predicted molar refractivity (Wildman–Crippen MR) is 125 cm³/mol. The highest BCUT2D eigenvalue weighted by Crippen LogP contribution is 2.26. The van der Waals surface area contributed by atoms with Crippen LogP contribution < -0.4 is 15.9 Å². The Morgan fingerprint density at radius 2 is 1.72 bits per heavy atom. The molecule has 6 nitrogen and oxygen atoms in total. The zero-order valence-corrected chi connectivity index (χ0v) is 18.3. The zero-order chi connectivity index (χ0) is 22.1. The number of carbonyl (C=O) groups excluding carboxylic acids is 2. The fourth-order valence-electron chi connectivity index (χ4n) is 3.58. The molecule has 0 saturated heterocycles. The van der Waals surface area contributed by atoms with Crippen LogP contribution in [0, 0.1) is 0 Å². The summed E-state index contributed by atoms with van der Waals surface area (Å²) in [5.41, 5.74) is 1.75. The van der Waals surface area contributed by atoms with E-state index in [0.29, 0.717) is 37.8 Å². The van der Waals surface area contributed by atoms with Gasteiger partial charge in [-0.1, -0.05) is 90.1 Å². The second kappa shape index (κ2) is 8.61. The number of hydrogen-bond donors (Lipinski definition) is 1. The summed E-state index contributed by atoms with van der Waals surface area (Å²) in [7, 11) is 0. The third kappa shape index (κ3) is 3.81. The summed E-state index contributed by atoms with van der Waals surface area (Å²) < 4.78 is 0. The molecular formula is C24H17ClN4O2S. The SMILES string of the molecule is O=C1NC(SCc2ccccc2Cl)=NN2C1=c1ccccc1=NC2C(=O)c1ccccc1. The van der Waals surface area contributed by atoms with Gasteiger partial charge in [0, 0.05) is 21.6 Å². The minimum Gasteiger partial charge on any atom is -0.298 e. The van der Waals surface area contributed by atoms with Crippen molar-refractivity contribution in [1.82, 2.24) is 10.3 Å². The Morgan fingerprint density at radius 1 is 1.00 bits per heavy atom. The fourth-order valence-corrected chi connectivity index (χ4v) is 4.71. The van der Waals surface area contributed by atoms with Crippen LogP contribution in [-0.2, 0) is 10.5 Å². The molecule has 0 aliphatic carbocycles. The summed E-state index contributed by atoms with van der Waals surface area (Å²) in [6.07, 6.45) is -0.968. The van der Waals surface area contributed by atoms with Gasteiger partial charge in [0.1, 0.15) is 5.70 Å². The number of nitrogens with one attached hydrogen (secondary N) is 1. The van der Waals surface area contributed by atoms with Crippen LogP contribution in [0.2, 0.25) is 5.02 Å². The first-order chi connectivity index (χ1) is 15.6. The number of hydrazone groups is 1. The second-order valence-corrected chi connectivity index (χ2v) is 8.55. The van der Waals surface area contributed by atoms with Gasteiger partial charge < -0.3 is 0 Å². The third-order valence-electron chi connectivity index (χ3n) is 5.13. The highest BCUT2D eigenvalue weighted by atomic mass is 35.5. The van der Waals surface area contributed by atoms with Crippen molar-refractivity contribution >= 4 is 45.9 Å². The first kappa shape index (κ1) is 20.5. The number of hydrogen-bond acceptors (Lipinski definition) is 6.